The van der Waals surface area contributed by atoms with Crippen LogP contribution in [0.5, 0.6) is 0 Å². The minimum absolute atomic E-state index is 0.522. The van der Waals surface area contributed by atoms with Gasteiger partial charge in [-0.15, -0.1) is 11.3 Å². The summed E-state index contributed by atoms with van der Waals surface area (Å²) in [6.45, 7) is 8.62. The lowest BCUT2D eigenvalue weighted by Crippen LogP contribution is -2.35. The number of aromatic nitrogens is 1. The molecule has 0 aromatic carbocycles. The van der Waals surface area contributed by atoms with Crippen LogP contribution in [0.25, 0.3) is 0 Å². The molecule has 0 radical (unpaired) electrons. The van der Waals surface area contributed by atoms with Gasteiger partial charge in [-0.25, -0.2) is 4.98 Å². The molecule has 0 aliphatic heterocycles. The van der Waals surface area contributed by atoms with Gasteiger partial charge in [0.2, 0.25) is 0 Å². The van der Waals surface area contributed by atoms with Crippen LogP contribution in [0.15, 0.2) is 5.38 Å². The van der Waals surface area contributed by atoms with E-state index in [4.69, 9.17) is 4.98 Å². The summed E-state index contributed by atoms with van der Waals surface area (Å²) in [5, 5.41) is 6.86. The molecule has 2 rings (SSSR count). The lowest BCUT2D eigenvalue weighted by atomic mass is 9.86. The molecule has 2 atom stereocenters. The van der Waals surface area contributed by atoms with Gasteiger partial charge in [0, 0.05) is 30.6 Å². The Labute approximate surface area is 127 Å². The van der Waals surface area contributed by atoms with E-state index < -0.39 is 0 Å². The fraction of sp³-hybridized carbons (Fsp3) is 0.812. The Morgan fingerprint density at radius 1 is 1.45 bits per heavy atom. The van der Waals surface area contributed by atoms with Crippen molar-refractivity contribution >= 4 is 11.3 Å². The minimum Gasteiger partial charge on any atom is -0.308 e. The van der Waals surface area contributed by atoms with Crippen molar-refractivity contribution in [2.45, 2.75) is 71.6 Å². The van der Waals surface area contributed by atoms with Gasteiger partial charge in [0.25, 0.3) is 0 Å². The molecule has 0 amide bonds. The number of nitrogens with zero attached hydrogens (tertiary/aromatic N) is 2. The third kappa shape index (κ3) is 4.83. The highest BCUT2D eigenvalue weighted by molar-refractivity contribution is 7.09. The van der Waals surface area contributed by atoms with Crippen molar-refractivity contribution in [3.63, 3.8) is 0 Å². The minimum atomic E-state index is 0.522. The lowest BCUT2D eigenvalue weighted by molar-refractivity contribution is 0.156. The number of hydrogen-bond acceptors (Lipinski definition) is 4. The lowest BCUT2D eigenvalue weighted by Gasteiger charge is -2.33. The van der Waals surface area contributed by atoms with Gasteiger partial charge in [0.05, 0.1) is 5.69 Å². The maximum atomic E-state index is 4.75. The van der Waals surface area contributed by atoms with E-state index in [1.54, 1.807) is 11.3 Å². The first-order valence-electron chi connectivity index (χ1n) is 7.91. The Morgan fingerprint density at radius 3 is 2.95 bits per heavy atom. The molecule has 1 aliphatic rings. The van der Waals surface area contributed by atoms with Gasteiger partial charge in [-0.1, -0.05) is 33.6 Å². The van der Waals surface area contributed by atoms with Crippen molar-refractivity contribution in [2.24, 2.45) is 5.92 Å². The summed E-state index contributed by atoms with van der Waals surface area (Å²) < 4.78 is 0. The monoisotopic (exact) mass is 295 g/mol. The topological polar surface area (TPSA) is 28.2 Å². The van der Waals surface area contributed by atoms with Crippen LogP contribution < -0.4 is 5.32 Å². The summed E-state index contributed by atoms with van der Waals surface area (Å²) in [4.78, 5) is 7.25. The number of thiazole rings is 1. The Balaban J connectivity index is 1.83. The molecule has 1 aromatic rings. The zero-order valence-corrected chi connectivity index (χ0v) is 14.2. The molecule has 0 bridgehead atoms. The molecular weight excluding hydrogens is 266 g/mol. The zero-order valence-electron chi connectivity index (χ0n) is 13.4. The quantitative estimate of drug-likeness (QED) is 0.868. The Bertz CT molecular complexity index is 402. The summed E-state index contributed by atoms with van der Waals surface area (Å²) in [5.74, 6) is 0.887. The van der Waals surface area contributed by atoms with Crippen molar-refractivity contribution in [3.8, 4) is 0 Å². The summed E-state index contributed by atoms with van der Waals surface area (Å²) in [6, 6.07) is 1.27. The van der Waals surface area contributed by atoms with Crippen LogP contribution in [0, 0.1) is 5.92 Å². The van der Waals surface area contributed by atoms with E-state index in [1.807, 2.05) is 0 Å². The normalized spacial score (nSPS) is 23.7. The van der Waals surface area contributed by atoms with Crippen molar-refractivity contribution in [1.29, 1.82) is 0 Å². The second-order valence-corrected chi connectivity index (χ2v) is 7.55. The van der Waals surface area contributed by atoms with Crippen LogP contribution in [-0.2, 0) is 13.1 Å². The Hall–Kier alpha value is -0.450. The third-order valence-corrected chi connectivity index (χ3v) is 5.10. The predicted molar refractivity (Wildman–Crippen MR) is 87.0 cm³/mol. The van der Waals surface area contributed by atoms with Crippen LogP contribution in [0.1, 0.15) is 57.2 Å². The number of hydrogen-bond donors (Lipinski definition) is 1. The van der Waals surface area contributed by atoms with Gasteiger partial charge in [-0.2, -0.15) is 0 Å². The average molecular weight is 295 g/mol. The van der Waals surface area contributed by atoms with Gasteiger partial charge in [-0.3, -0.25) is 4.90 Å². The molecule has 1 aliphatic carbocycles. The first kappa shape index (κ1) is 15.9. The van der Waals surface area contributed by atoms with Gasteiger partial charge in [0.1, 0.15) is 5.01 Å². The fourth-order valence-corrected chi connectivity index (χ4v) is 3.72. The first-order valence-corrected chi connectivity index (χ1v) is 8.79. The SMILES string of the molecule is CC1CCCC(N(C)Cc2csc(CNC(C)C)n2)C1. The molecule has 1 N–H and O–H groups in total. The molecule has 1 aromatic heterocycles. The number of rotatable bonds is 6. The highest BCUT2D eigenvalue weighted by atomic mass is 32.1. The Morgan fingerprint density at radius 2 is 2.25 bits per heavy atom. The summed E-state index contributed by atoms with van der Waals surface area (Å²) in [7, 11) is 2.26. The molecule has 1 fully saturated rings. The number of nitrogens with one attached hydrogen (secondary N) is 1. The maximum absolute atomic E-state index is 4.75. The van der Waals surface area contributed by atoms with Crippen molar-refractivity contribution < 1.29 is 0 Å². The Kier molecular flexibility index (Phi) is 6.00. The molecule has 2 unspecified atom stereocenters. The molecular formula is C16H29N3S. The van der Waals surface area contributed by atoms with Crippen LogP contribution in [0.2, 0.25) is 0 Å². The highest BCUT2D eigenvalue weighted by Crippen LogP contribution is 2.27. The molecule has 1 saturated carbocycles. The maximum Gasteiger partial charge on any atom is 0.107 e. The van der Waals surface area contributed by atoms with E-state index in [0.29, 0.717) is 6.04 Å². The molecule has 114 valence electrons. The molecule has 3 nitrogen and oxygen atoms in total. The van der Waals surface area contributed by atoms with Gasteiger partial charge < -0.3 is 5.32 Å². The van der Waals surface area contributed by atoms with Gasteiger partial charge >= 0.3 is 0 Å². The van der Waals surface area contributed by atoms with E-state index in [1.165, 1.54) is 36.4 Å². The van der Waals surface area contributed by atoms with Crippen molar-refractivity contribution in [1.82, 2.24) is 15.2 Å². The summed E-state index contributed by atoms with van der Waals surface area (Å²) in [6.07, 6.45) is 5.50. The molecule has 1 heterocycles. The van der Waals surface area contributed by atoms with E-state index in [0.717, 1.165) is 25.0 Å². The second kappa shape index (κ2) is 7.53. The molecule has 4 heteroatoms. The summed E-state index contributed by atoms with van der Waals surface area (Å²) in [5.41, 5.74) is 1.23. The average Bonchev–Trinajstić information content (AvgIpc) is 2.84. The fourth-order valence-electron chi connectivity index (χ4n) is 2.98. The van der Waals surface area contributed by atoms with E-state index >= 15 is 0 Å². The zero-order chi connectivity index (χ0) is 14.5. The van der Waals surface area contributed by atoms with Gasteiger partial charge in [0.15, 0.2) is 0 Å². The van der Waals surface area contributed by atoms with Gasteiger partial charge in [-0.05, 0) is 25.8 Å². The summed E-state index contributed by atoms with van der Waals surface area (Å²) >= 11 is 1.78. The van der Waals surface area contributed by atoms with E-state index in [2.05, 4.69) is 43.4 Å². The third-order valence-electron chi connectivity index (χ3n) is 4.20. The van der Waals surface area contributed by atoms with Crippen LogP contribution in [-0.4, -0.2) is 29.0 Å². The van der Waals surface area contributed by atoms with E-state index in [-0.39, 0.29) is 0 Å². The van der Waals surface area contributed by atoms with E-state index in [9.17, 15) is 0 Å². The highest BCUT2D eigenvalue weighted by Gasteiger charge is 2.22. The van der Waals surface area contributed by atoms with Crippen LogP contribution in [0.4, 0.5) is 0 Å². The molecule has 0 saturated heterocycles. The molecule has 20 heavy (non-hydrogen) atoms. The largest absolute Gasteiger partial charge is 0.308 e. The van der Waals surface area contributed by atoms with Crippen molar-refractivity contribution in [2.75, 3.05) is 7.05 Å². The van der Waals surface area contributed by atoms with Crippen LogP contribution in [0.3, 0.4) is 0 Å². The second-order valence-electron chi connectivity index (χ2n) is 6.61. The first-order chi connectivity index (χ1) is 9.54. The van der Waals surface area contributed by atoms with Crippen LogP contribution >= 0.6 is 11.3 Å². The predicted octanol–water partition coefficient (Wildman–Crippen LogP) is 3.65. The molecule has 0 spiro atoms. The van der Waals surface area contributed by atoms with Crippen molar-refractivity contribution in [3.05, 3.63) is 16.1 Å². The smallest absolute Gasteiger partial charge is 0.107 e. The standard InChI is InChI=1S/C16H29N3S/c1-12(2)17-9-16-18-14(11-20-16)10-19(4)15-7-5-6-13(3)8-15/h11-13,15,17H,5-10H2,1-4H3.